The second-order valence-corrected chi connectivity index (χ2v) is 5.21. The summed E-state index contributed by atoms with van der Waals surface area (Å²) in [6.07, 6.45) is 17.4. The van der Waals surface area contributed by atoms with E-state index in [1.807, 2.05) is 0 Å². The van der Waals surface area contributed by atoms with Crippen molar-refractivity contribution in [2.24, 2.45) is 0 Å². The number of allylic oxidation sites excluding steroid dienone is 10. The van der Waals surface area contributed by atoms with Crippen molar-refractivity contribution in [3.8, 4) is 0 Å². The van der Waals surface area contributed by atoms with E-state index in [4.69, 9.17) is 0 Å². The lowest BCUT2D eigenvalue weighted by molar-refractivity contribution is 0.755. The lowest BCUT2D eigenvalue weighted by atomic mass is 9.80. The second kappa shape index (κ2) is 6.38. The van der Waals surface area contributed by atoms with Crippen LogP contribution in [0.5, 0.6) is 0 Å². The lowest BCUT2D eigenvalue weighted by Crippen LogP contribution is -2.16. The van der Waals surface area contributed by atoms with Gasteiger partial charge >= 0.3 is 0 Å². The van der Waals surface area contributed by atoms with E-state index in [1.165, 1.54) is 16.7 Å². The van der Waals surface area contributed by atoms with Crippen LogP contribution < -0.4 is 0 Å². The summed E-state index contributed by atoms with van der Waals surface area (Å²) in [7, 11) is 0. The van der Waals surface area contributed by atoms with Crippen LogP contribution in [0.15, 0.2) is 90.1 Å². The fourth-order valence-corrected chi connectivity index (χ4v) is 2.53. The molecule has 0 heteroatoms. The number of hydrogen-bond donors (Lipinski definition) is 0. The minimum atomic E-state index is -0.0735. The Morgan fingerprint density at radius 2 is 1.80 bits per heavy atom. The van der Waals surface area contributed by atoms with Gasteiger partial charge in [-0.3, -0.25) is 0 Å². The van der Waals surface area contributed by atoms with E-state index in [0.29, 0.717) is 0 Å². The molecule has 0 bridgehead atoms. The predicted molar refractivity (Wildman–Crippen MR) is 88.7 cm³/mol. The van der Waals surface area contributed by atoms with Gasteiger partial charge in [0, 0.05) is 5.41 Å². The highest BCUT2D eigenvalue weighted by Gasteiger charge is 2.22. The topological polar surface area (TPSA) is 0 Å². The van der Waals surface area contributed by atoms with Crippen LogP contribution >= 0.6 is 0 Å². The third-order valence-electron chi connectivity index (χ3n) is 3.67. The zero-order valence-electron chi connectivity index (χ0n) is 12.5. The Bertz CT molecular complexity index is 594. The molecule has 2 rings (SSSR count). The fourth-order valence-electron chi connectivity index (χ4n) is 2.53. The van der Waals surface area contributed by atoms with E-state index in [9.17, 15) is 0 Å². The van der Waals surface area contributed by atoms with Crippen molar-refractivity contribution in [3.63, 3.8) is 0 Å². The summed E-state index contributed by atoms with van der Waals surface area (Å²) in [4.78, 5) is 0. The molecule has 1 aromatic rings. The maximum Gasteiger partial charge on any atom is 0.0295 e. The van der Waals surface area contributed by atoms with E-state index in [-0.39, 0.29) is 5.41 Å². The molecule has 0 saturated carbocycles. The summed E-state index contributed by atoms with van der Waals surface area (Å²) in [6, 6.07) is 10.6. The summed E-state index contributed by atoms with van der Waals surface area (Å²) >= 11 is 0. The van der Waals surface area contributed by atoms with Gasteiger partial charge in [0.25, 0.3) is 0 Å². The van der Waals surface area contributed by atoms with Gasteiger partial charge in [-0.05, 0) is 37.5 Å². The first kappa shape index (κ1) is 14.3. The highest BCUT2D eigenvalue weighted by Crippen LogP contribution is 2.32. The summed E-state index contributed by atoms with van der Waals surface area (Å²) in [5.41, 5.74) is 3.76. The Hall–Kier alpha value is -2.08. The minimum Gasteiger partial charge on any atom is -0.0871 e. The summed E-state index contributed by atoms with van der Waals surface area (Å²) in [5.74, 6) is 0. The van der Waals surface area contributed by atoms with Crippen LogP contribution in [0.1, 0.15) is 26.3 Å². The third kappa shape index (κ3) is 3.08. The van der Waals surface area contributed by atoms with Gasteiger partial charge in [-0.2, -0.15) is 0 Å². The van der Waals surface area contributed by atoms with Crippen molar-refractivity contribution >= 4 is 0 Å². The maximum atomic E-state index is 2.34. The first-order chi connectivity index (χ1) is 9.69. The van der Waals surface area contributed by atoms with Gasteiger partial charge in [0.15, 0.2) is 0 Å². The van der Waals surface area contributed by atoms with E-state index in [1.54, 1.807) is 0 Å². The van der Waals surface area contributed by atoms with Crippen molar-refractivity contribution in [1.82, 2.24) is 0 Å². The molecule has 1 atom stereocenters. The summed E-state index contributed by atoms with van der Waals surface area (Å²) < 4.78 is 0. The Morgan fingerprint density at radius 3 is 2.45 bits per heavy atom. The molecule has 0 saturated heterocycles. The Kier molecular flexibility index (Phi) is 4.57. The van der Waals surface area contributed by atoms with Gasteiger partial charge in [-0.25, -0.2) is 0 Å². The molecule has 20 heavy (non-hydrogen) atoms. The molecule has 1 aliphatic carbocycles. The quantitative estimate of drug-likeness (QED) is 0.629. The van der Waals surface area contributed by atoms with Crippen molar-refractivity contribution in [2.45, 2.75) is 26.2 Å². The van der Waals surface area contributed by atoms with Crippen molar-refractivity contribution < 1.29 is 0 Å². The smallest absolute Gasteiger partial charge is 0.0295 e. The van der Waals surface area contributed by atoms with Crippen LogP contribution in [0.3, 0.4) is 0 Å². The van der Waals surface area contributed by atoms with Gasteiger partial charge in [0.2, 0.25) is 0 Å². The molecule has 0 aromatic heterocycles. The molecule has 0 radical (unpaired) electrons. The van der Waals surface area contributed by atoms with Crippen LogP contribution in [-0.4, -0.2) is 0 Å². The molecule has 1 unspecified atom stereocenters. The molecule has 0 amide bonds. The van der Waals surface area contributed by atoms with Crippen molar-refractivity contribution in [3.05, 3.63) is 95.6 Å². The molecule has 0 fully saturated rings. The van der Waals surface area contributed by atoms with Gasteiger partial charge in [0.05, 0.1) is 0 Å². The highest BCUT2D eigenvalue weighted by atomic mass is 14.3. The summed E-state index contributed by atoms with van der Waals surface area (Å²) in [5, 5.41) is 0. The maximum absolute atomic E-state index is 2.34. The first-order valence-electron chi connectivity index (χ1n) is 7.13. The molecule has 0 nitrogen and oxygen atoms in total. The molecule has 0 N–H and O–H groups in total. The van der Waals surface area contributed by atoms with Gasteiger partial charge in [0.1, 0.15) is 0 Å². The standard InChI is InChI=1S/C20H22/c1-4-11-17(5-2)18-12-9-10-15-20(3,16-18)19-13-7-6-8-14-19/h4-16H,1-3H3/b11-4-,17-5+. The predicted octanol–water partition coefficient (Wildman–Crippen LogP) is 5.52. The molecule has 0 aliphatic heterocycles. The van der Waals surface area contributed by atoms with Crippen LogP contribution in [0, 0.1) is 0 Å². The molecule has 1 aliphatic rings. The molecule has 102 valence electrons. The zero-order valence-corrected chi connectivity index (χ0v) is 12.5. The molecule has 0 heterocycles. The van der Waals surface area contributed by atoms with Crippen LogP contribution in [0.2, 0.25) is 0 Å². The Labute approximate surface area is 122 Å². The fraction of sp³-hybridized carbons (Fsp3) is 0.200. The summed E-state index contributed by atoms with van der Waals surface area (Å²) in [6.45, 7) is 6.40. The second-order valence-electron chi connectivity index (χ2n) is 5.21. The Morgan fingerprint density at radius 1 is 1.05 bits per heavy atom. The van der Waals surface area contributed by atoms with Crippen molar-refractivity contribution in [2.75, 3.05) is 0 Å². The molecule has 0 spiro atoms. The number of benzene rings is 1. The minimum absolute atomic E-state index is 0.0735. The SMILES string of the molecule is C/C=C\C(=C/C)C1=CC(C)(c2ccccc2)C=CC=C1. The van der Waals surface area contributed by atoms with E-state index in [0.717, 1.165) is 0 Å². The lowest BCUT2D eigenvalue weighted by Gasteiger charge is -2.23. The highest BCUT2D eigenvalue weighted by molar-refractivity contribution is 5.52. The van der Waals surface area contributed by atoms with Crippen LogP contribution in [-0.2, 0) is 5.41 Å². The first-order valence-corrected chi connectivity index (χ1v) is 7.13. The number of hydrogen-bond acceptors (Lipinski definition) is 0. The largest absolute Gasteiger partial charge is 0.0871 e. The van der Waals surface area contributed by atoms with Crippen LogP contribution in [0.4, 0.5) is 0 Å². The van der Waals surface area contributed by atoms with Crippen molar-refractivity contribution in [1.29, 1.82) is 0 Å². The van der Waals surface area contributed by atoms with Gasteiger partial charge in [-0.15, -0.1) is 0 Å². The molecule has 1 aromatic carbocycles. The third-order valence-corrected chi connectivity index (χ3v) is 3.67. The van der Waals surface area contributed by atoms with E-state index in [2.05, 4.69) is 99.7 Å². The van der Waals surface area contributed by atoms with Gasteiger partial charge < -0.3 is 0 Å². The van der Waals surface area contributed by atoms with E-state index < -0.39 is 0 Å². The zero-order chi connectivity index (χ0) is 14.4. The van der Waals surface area contributed by atoms with Crippen LogP contribution in [0.25, 0.3) is 0 Å². The monoisotopic (exact) mass is 262 g/mol. The Balaban J connectivity index is 2.50. The van der Waals surface area contributed by atoms with E-state index >= 15 is 0 Å². The molecular formula is C20H22. The average Bonchev–Trinajstić information content (AvgIpc) is 2.68. The molecular weight excluding hydrogens is 240 g/mol. The average molecular weight is 262 g/mol. The normalized spacial score (nSPS) is 22.9. The number of rotatable bonds is 3. The van der Waals surface area contributed by atoms with Gasteiger partial charge in [-0.1, -0.05) is 78.9 Å².